The van der Waals surface area contributed by atoms with E-state index in [4.69, 9.17) is 0 Å². The molecule has 2 aromatic carbocycles. The molecule has 9 heteroatoms. The van der Waals surface area contributed by atoms with Crippen molar-refractivity contribution in [2.75, 3.05) is 13.7 Å². The summed E-state index contributed by atoms with van der Waals surface area (Å²) in [5, 5.41) is 12.3. The average Bonchev–Trinajstić information content (AvgIpc) is 3.29. The first-order valence-corrected chi connectivity index (χ1v) is 8.96. The number of imide groups is 1. The number of methoxy groups -OCH3 is 1. The number of ether oxygens (including phenoxy) is 1. The van der Waals surface area contributed by atoms with Crippen molar-refractivity contribution in [1.82, 2.24) is 25.1 Å². The van der Waals surface area contributed by atoms with Crippen LogP contribution in [0, 0.1) is 0 Å². The highest BCUT2D eigenvalue weighted by molar-refractivity contribution is 6.21. The molecule has 0 bridgehead atoms. The monoisotopic (exact) mass is 391 g/mol. The van der Waals surface area contributed by atoms with Gasteiger partial charge in [-0.05, 0) is 35.0 Å². The Kier molecular flexibility index (Phi) is 4.86. The molecule has 0 saturated heterocycles. The minimum Gasteiger partial charge on any atom is -0.465 e. The molecule has 1 aromatic heterocycles. The van der Waals surface area contributed by atoms with Crippen LogP contribution in [0.15, 0.2) is 48.5 Å². The third kappa shape index (κ3) is 3.62. The molecule has 29 heavy (non-hydrogen) atoms. The summed E-state index contributed by atoms with van der Waals surface area (Å²) >= 11 is 0. The molecule has 0 fully saturated rings. The molecular formula is C20H17N5O4. The van der Waals surface area contributed by atoms with E-state index in [-0.39, 0.29) is 18.4 Å². The van der Waals surface area contributed by atoms with E-state index in [2.05, 4.69) is 20.1 Å². The number of hydrogen-bond donors (Lipinski definition) is 0. The molecule has 1 aliphatic heterocycles. The zero-order valence-electron chi connectivity index (χ0n) is 15.6. The topological polar surface area (TPSA) is 107 Å². The minimum absolute atomic E-state index is 0.186. The summed E-state index contributed by atoms with van der Waals surface area (Å²) in [6.45, 7) is 0.563. The second-order valence-electron chi connectivity index (χ2n) is 6.48. The highest BCUT2D eigenvalue weighted by Gasteiger charge is 2.34. The maximum atomic E-state index is 12.4. The van der Waals surface area contributed by atoms with E-state index in [1.165, 1.54) is 16.8 Å². The minimum atomic E-state index is -0.397. The standard InChI is InChI=1S/C20H17N5O4/c1-29-20(28)14-8-6-13(7-9-14)12-25-22-17(21-23-25)10-11-24-18(26)15-4-2-3-5-16(15)19(24)27/h2-9H,10-12H2,1H3. The van der Waals surface area contributed by atoms with E-state index in [9.17, 15) is 14.4 Å². The number of fused-ring (bicyclic) bond motifs is 1. The number of nitrogens with zero attached hydrogens (tertiary/aromatic N) is 5. The van der Waals surface area contributed by atoms with Gasteiger partial charge in [0.1, 0.15) is 0 Å². The number of tetrazole rings is 1. The van der Waals surface area contributed by atoms with Gasteiger partial charge in [0.15, 0.2) is 5.82 Å². The highest BCUT2D eigenvalue weighted by Crippen LogP contribution is 2.22. The number of amides is 2. The van der Waals surface area contributed by atoms with Crippen molar-refractivity contribution in [3.63, 3.8) is 0 Å². The number of esters is 1. The van der Waals surface area contributed by atoms with Gasteiger partial charge < -0.3 is 4.74 Å². The lowest BCUT2D eigenvalue weighted by atomic mass is 10.1. The van der Waals surface area contributed by atoms with Gasteiger partial charge in [0.2, 0.25) is 0 Å². The molecule has 0 N–H and O–H groups in total. The van der Waals surface area contributed by atoms with Gasteiger partial charge >= 0.3 is 5.97 Å². The Balaban J connectivity index is 1.37. The summed E-state index contributed by atoms with van der Waals surface area (Å²) in [6.07, 6.45) is 0.312. The van der Waals surface area contributed by atoms with E-state index in [1.807, 2.05) is 0 Å². The number of rotatable bonds is 6. The number of benzene rings is 2. The van der Waals surface area contributed by atoms with Gasteiger partial charge in [-0.25, -0.2) is 4.79 Å². The van der Waals surface area contributed by atoms with E-state index in [0.29, 0.717) is 35.5 Å². The second kappa shape index (κ2) is 7.63. The fourth-order valence-electron chi connectivity index (χ4n) is 3.12. The maximum Gasteiger partial charge on any atom is 0.337 e. The molecule has 146 valence electrons. The summed E-state index contributed by atoms with van der Waals surface area (Å²) in [4.78, 5) is 38.9. The Morgan fingerprint density at radius 3 is 2.28 bits per heavy atom. The zero-order valence-corrected chi connectivity index (χ0v) is 15.6. The van der Waals surface area contributed by atoms with E-state index >= 15 is 0 Å². The number of carbonyl (C=O) groups excluding carboxylic acids is 3. The first-order chi connectivity index (χ1) is 14.1. The summed E-state index contributed by atoms with van der Waals surface area (Å²) in [5.41, 5.74) is 2.19. The normalized spacial score (nSPS) is 12.9. The van der Waals surface area contributed by atoms with E-state index in [0.717, 1.165) is 5.56 Å². The van der Waals surface area contributed by atoms with Crippen molar-refractivity contribution in [2.45, 2.75) is 13.0 Å². The fourth-order valence-corrected chi connectivity index (χ4v) is 3.12. The molecule has 0 spiro atoms. The first-order valence-electron chi connectivity index (χ1n) is 8.96. The molecule has 3 aromatic rings. The summed E-state index contributed by atoms with van der Waals surface area (Å²) in [6, 6.07) is 13.7. The number of aromatic nitrogens is 4. The SMILES string of the molecule is COC(=O)c1ccc(Cn2nnc(CCN3C(=O)c4ccccc4C3=O)n2)cc1. The fraction of sp³-hybridized carbons (Fsp3) is 0.200. The van der Waals surface area contributed by atoms with Crippen LogP contribution < -0.4 is 0 Å². The van der Waals surface area contributed by atoms with Crippen LogP contribution in [0.2, 0.25) is 0 Å². The molecule has 4 rings (SSSR count). The maximum absolute atomic E-state index is 12.4. The van der Waals surface area contributed by atoms with Crippen molar-refractivity contribution in [3.05, 3.63) is 76.6 Å². The predicted molar refractivity (Wildman–Crippen MR) is 100 cm³/mol. The molecule has 0 radical (unpaired) electrons. The lowest BCUT2D eigenvalue weighted by Gasteiger charge is -2.11. The van der Waals surface area contributed by atoms with Crippen molar-refractivity contribution in [1.29, 1.82) is 0 Å². The molecular weight excluding hydrogens is 374 g/mol. The Labute approximate surface area is 165 Å². The van der Waals surface area contributed by atoms with Crippen LogP contribution in [-0.2, 0) is 17.7 Å². The van der Waals surface area contributed by atoms with Crippen LogP contribution in [0.25, 0.3) is 0 Å². The Morgan fingerprint density at radius 2 is 1.66 bits per heavy atom. The first kappa shape index (κ1) is 18.5. The Morgan fingerprint density at radius 1 is 1.00 bits per heavy atom. The van der Waals surface area contributed by atoms with Crippen LogP contribution in [0.1, 0.15) is 42.5 Å². The third-order valence-electron chi connectivity index (χ3n) is 4.63. The number of carbonyl (C=O) groups is 3. The quantitative estimate of drug-likeness (QED) is 0.461. The van der Waals surface area contributed by atoms with Crippen LogP contribution in [0.5, 0.6) is 0 Å². The van der Waals surface area contributed by atoms with Crippen molar-refractivity contribution in [2.24, 2.45) is 0 Å². The van der Waals surface area contributed by atoms with Crippen LogP contribution in [-0.4, -0.2) is 56.5 Å². The molecule has 2 heterocycles. The lowest BCUT2D eigenvalue weighted by molar-refractivity contribution is 0.0598. The smallest absolute Gasteiger partial charge is 0.337 e. The molecule has 2 amide bonds. The van der Waals surface area contributed by atoms with Gasteiger partial charge in [0.05, 0.1) is 30.3 Å². The molecule has 9 nitrogen and oxygen atoms in total. The van der Waals surface area contributed by atoms with E-state index < -0.39 is 5.97 Å². The molecule has 0 saturated carbocycles. The third-order valence-corrected chi connectivity index (χ3v) is 4.63. The molecule has 0 unspecified atom stereocenters. The van der Waals surface area contributed by atoms with Gasteiger partial charge in [0.25, 0.3) is 11.8 Å². The average molecular weight is 391 g/mol. The molecule has 0 atom stereocenters. The predicted octanol–water partition coefficient (Wildman–Crippen LogP) is 1.35. The van der Waals surface area contributed by atoms with Crippen molar-refractivity contribution in [3.8, 4) is 0 Å². The van der Waals surface area contributed by atoms with Gasteiger partial charge in [-0.1, -0.05) is 24.3 Å². The summed E-state index contributed by atoms with van der Waals surface area (Å²) in [7, 11) is 1.33. The van der Waals surface area contributed by atoms with Crippen LogP contribution in [0.3, 0.4) is 0 Å². The zero-order chi connectivity index (χ0) is 20.4. The summed E-state index contributed by atoms with van der Waals surface area (Å²) in [5.74, 6) is -0.564. The highest BCUT2D eigenvalue weighted by atomic mass is 16.5. The van der Waals surface area contributed by atoms with Gasteiger partial charge in [-0.2, -0.15) is 4.80 Å². The van der Waals surface area contributed by atoms with Gasteiger partial charge in [-0.15, -0.1) is 10.2 Å². The summed E-state index contributed by atoms with van der Waals surface area (Å²) < 4.78 is 4.67. The van der Waals surface area contributed by atoms with E-state index in [1.54, 1.807) is 48.5 Å². The van der Waals surface area contributed by atoms with Gasteiger partial charge in [0, 0.05) is 13.0 Å². The van der Waals surface area contributed by atoms with Crippen LogP contribution >= 0.6 is 0 Å². The van der Waals surface area contributed by atoms with Crippen molar-refractivity contribution < 1.29 is 19.1 Å². The lowest BCUT2D eigenvalue weighted by Crippen LogP contribution is -2.32. The largest absolute Gasteiger partial charge is 0.465 e. The molecule has 1 aliphatic rings. The number of hydrogen-bond acceptors (Lipinski definition) is 7. The second-order valence-corrected chi connectivity index (χ2v) is 6.48. The van der Waals surface area contributed by atoms with Crippen LogP contribution in [0.4, 0.5) is 0 Å². The van der Waals surface area contributed by atoms with Gasteiger partial charge in [-0.3, -0.25) is 14.5 Å². The Bertz CT molecular complexity index is 1060. The van der Waals surface area contributed by atoms with Crippen molar-refractivity contribution >= 4 is 17.8 Å². The Hall–Kier alpha value is -3.88. The molecule has 0 aliphatic carbocycles.